The van der Waals surface area contributed by atoms with E-state index < -0.39 is 5.24 Å². The predicted octanol–water partition coefficient (Wildman–Crippen LogP) is 3.50. The zero-order valence-electron chi connectivity index (χ0n) is 13.0. The summed E-state index contributed by atoms with van der Waals surface area (Å²) in [6.07, 6.45) is 0.924. The van der Waals surface area contributed by atoms with Gasteiger partial charge in [0.2, 0.25) is 5.24 Å². The fourth-order valence-corrected chi connectivity index (χ4v) is 2.32. The van der Waals surface area contributed by atoms with Gasteiger partial charge in [-0.1, -0.05) is 40.7 Å². The summed E-state index contributed by atoms with van der Waals surface area (Å²) in [6, 6.07) is 3.67. The lowest BCUT2D eigenvalue weighted by molar-refractivity contribution is -0.111. The van der Waals surface area contributed by atoms with Gasteiger partial charge in [0.25, 0.3) is 5.56 Å². The molecule has 0 N–H and O–H groups in total. The van der Waals surface area contributed by atoms with E-state index in [2.05, 4.69) is 34.6 Å². The molecule has 0 aromatic carbocycles. The highest BCUT2D eigenvalue weighted by molar-refractivity contribution is 6.63. The number of nitrogens with zero attached hydrogens (tertiary/aromatic N) is 1. The SMILES string of the molecule is CC(C)CCn1c(C(C)(C)C)ccc(CC(=O)Cl)c1=O. The highest BCUT2D eigenvalue weighted by atomic mass is 35.5. The maximum absolute atomic E-state index is 12.5. The zero-order valence-corrected chi connectivity index (χ0v) is 13.8. The first kappa shape index (κ1) is 17.0. The Hall–Kier alpha value is -1.09. The highest BCUT2D eigenvalue weighted by Crippen LogP contribution is 2.22. The molecule has 1 aromatic rings. The summed E-state index contributed by atoms with van der Waals surface area (Å²) < 4.78 is 1.80. The van der Waals surface area contributed by atoms with Crippen molar-refractivity contribution in [3.63, 3.8) is 0 Å². The molecule has 0 atom stereocenters. The van der Waals surface area contributed by atoms with Crippen molar-refractivity contribution in [2.24, 2.45) is 5.92 Å². The van der Waals surface area contributed by atoms with Gasteiger partial charge in [0, 0.05) is 23.2 Å². The standard InChI is InChI=1S/C16H24ClNO2/c1-11(2)8-9-18-13(16(3,4)5)7-6-12(15(18)20)10-14(17)19/h6-7,11H,8-10H2,1-5H3. The summed E-state index contributed by atoms with van der Waals surface area (Å²) in [5, 5.41) is -0.499. The van der Waals surface area contributed by atoms with E-state index in [1.54, 1.807) is 10.6 Å². The van der Waals surface area contributed by atoms with Crippen molar-refractivity contribution < 1.29 is 4.79 Å². The van der Waals surface area contributed by atoms with Gasteiger partial charge in [-0.05, 0) is 30.0 Å². The summed E-state index contributed by atoms with van der Waals surface area (Å²) in [5.74, 6) is 0.521. The van der Waals surface area contributed by atoms with Crippen LogP contribution in [0.25, 0.3) is 0 Å². The van der Waals surface area contributed by atoms with Crippen LogP contribution in [0.1, 0.15) is 52.3 Å². The lowest BCUT2D eigenvalue weighted by Crippen LogP contribution is -2.32. The Bertz CT molecular complexity index is 538. The summed E-state index contributed by atoms with van der Waals surface area (Å²) >= 11 is 5.41. The van der Waals surface area contributed by atoms with Crippen LogP contribution in [0, 0.1) is 5.92 Å². The van der Waals surface area contributed by atoms with Crippen molar-refractivity contribution >= 4 is 16.8 Å². The lowest BCUT2D eigenvalue weighted by Gasteiger charge is -2.25. The minimum Gasteiger partial charge on any atom is -0.312 e. The molecular formula is C16H24ClNO2. The number of aromatic nitrogens is 1. The molecule has 0 amide bonds. The van der Waals surface area contributed by atoms with Crippen LogP contribution in [0.4, 0.5) is 0 Å². The van der Waals surface area contributed by atoms with Gasteiger partial charge in [0.15, 0.2) is 0 Å². The number of halogens is 1. The van der Waals surface area contributed by atoms with E-state index in [1.165, 1.54) is 0 Å². The Morgan fingerprint density at radius 3 is 2.35 bits per heavy atom. The van der Waals surface area contributed by atoms with Crippen LogP contribution in [-0.4, -0.2) is 9.81 Å². The Morgan fingerprint density at radius 2 is 1.90 bits per heavy atom. The Balaban J connectivity index is 3.30. The molecule has 3 nitrogen and oxygen atoms in total. The van der Waals surface area contributed by atoms with Crippen LogP contribution < -0.4 is 5.56 Å². The molecule has 0 fully saturated rings. The fourth-order valence-electron chi connectivity index (χ4n) is 2.17. The van der Waals surface area contributed by atoms with Crippen LogP contribution in [0.15, 0.2) is 16.9 Å². The molecule has 0 bridgehead atoms. The van der Waals surface area contributed by atoms with Crippen LogP contribution in [0.5, 0.6) is 0 Å². The highest BCUT2D eigenvalue weighted by Gasteiger charge is 2.20. The van der Waals surface area contributed by atoms with Crippen LogP contribution in [-0.2, 0) is 23.2 Å². The van der Waals surface area contributed by atoms with Crippen molar-refractivity contribution in [1.82, 2.24) is 4.57 Å². The molecule has 0 saturated carbocycles. The number of hydrogen-bond acceptors (Lipinski definition) is 2. The molecule has 4 heteroatoms. The number of carbonyl (C=O) groups excluding carboxylic acids is 1. The number of carbonyl (C=O) groups is 1. The van der Waals surface area contributed by atoms with Gasteiger partial charge in [0.05, 0.1) is 6.42 Å². The van der Waals surface area contributed by atoms with Crippen molar-refractivity contribution in [1.29, 1.82) is 0 Å². The van der Waals surface area contributed by atoms with Crippen LogP contribution >= 0.6 is 11.6 Å². The molecule has 0 radical (unpaired) electrons. The average Bonchev–Trinajstić information content (AvgIpc) is 2.27. The van der Waals surface area contributed by atoms with E-state index in [9.17, 15) is 9.59 Å². The predicted molar refractivity (Wildman–Crippen MR) is 83.4 cm³/mol. The molecule has 0 unspecified atom stereocenters. The number of rotatable bonds is 5. The lowest BCUT2D eigenvalue weighted by atomic mass is 9.90. The van der Waals surface area contributed by atoms with Crippen LogP contribution in [0.2, 0.25) is 0 Å². The van der Waals surface area contributed by atoms with Gasteiger partial charge in [-0.3, -0.25) is 9.59 Å². The molecule has 20 heavy (non-hydrogen) atoms. The van der Waals surface area contributed by atoms with Crippen molar-refractivity contribution in [2.75, 3.05) is 0 Å². The molecule has 0 aliphatic heterocycles. The molecule has 1 rings (SSSR count). The first-order valence-electron chi connectivity index (χ1n) is 7.04. The van der Waals surface area contributed by atoms with Gasteiger partial charge in [-0.25, -0.2) is 0 Å². The summed E-state index contributed by atoms with van der Waals surface area (Å²) in [5.41, 5.74) is 1.27. The second-order valence-corrected chi connectivity index (χ2v) is 7.09. The van der Waals surface area contributed by atoms with Gasteiger partial charge >= 0.3 is 0 Å². The topological polar surface area (TPSA) is 39.1 Å². The fraction of sp³-hybridized carbons (Fsp3) is 0.625. The molecule has 0 spiro atoms. The molecule has 0 aliphatic carbocycles. The maximum Gasteiger partial charge on any atom is 0.254 e. The van der Waals surface area contributed by atoms with E-state index in [-0.39, 0.29) is 17.4 Å². The van der Waals surface area contributed by atoms with E-state index in [0.29, 0.717) is 18.0 Å². The molecule has 1 heterocycles. The summed E-state index contributed by atoms with van der Waals surface area (Å²) in [6.45, 7) is 11.2. The zero-order chi connectivity index (χ0) is 15.5. The molecule has 1 aromatic heterocycles. The molecule has 0 saturated heterocycles. The van der Waals surface area contributed by atoms with Crippen molar-refractivity contribution in [3.8, 4) is 0 Å². The maximum atomic E-state index is 12.5. The number of hydrogen-bond donors (Lipinski definition) is 0. The van der Waals surface area contributed by atoms with Crippen molar-refractivity contribution in [3.05, 3.63) is 33.7 Å². The second kappa shape index (κ2) is 6.57. The van der Waals surface area contributed by atoms with Crippen molar-refractivity contribution in [2.45, 2.75) is 59.4 Å². The smallest absolute Gasteiger partial charge is 0.254 e. The Morgan fingerprint density at radius 1 is 1.30 bits per heavy atom. The quantitative estimate of drug-likeness (QED) is 0.780. The molecular weight excluding hydrogens is 274 g/mol. The van der Waals surface area contributed by atoms with E-state index in [4.69, 9.17) is 11.6 Å². The third-order valence-electron chi connectivity index (χ3n) is 3.28. The third-order valence-corrected chi connectivity index (χ3v) is 3.41. The number of pyridine rings is 1. The molecule has 0 aliphatic rings. The largest absolute Gasteiger partial charge is 0.312 e. The minimum atomic E-state index is -0.499. The van der Waals surface area contributed by atoms with E-state index in [0.717, 1.165) is 12.1 Å². The normalized spacial score (nSPS) is 11.9. The Labute approximate surface area is 126 Å². The summed E-state index contributed by atoms with van der Waals surface area (Å²) in [7, 11) is 0. The summed E-state index contributed by atoms with van der Waals surface area (Å²) in [4.78, 5) is 23.6. The average molecular weight is 298 g/mol. The third kappa shape index (κ3) is 4.48. The first-order chi connectivity index (χ1) is 9.12. The van der Waals surface area contributed by atoms with Gasteiger partial charge in [-0.2, -0.15) is 0 Å². The van der Waals surface area contributed by atoms with E-state index >= 15 is 0 Å². The van der Waals surface area contributed by atoms with Gasteiger partial charge in [-0.15, -0.1) is 0 Å². The van der Waals surface area contributed by atoms with Gasteiger partial charge < -0.3 is 4.57 Å². The van der Waals surface area contributed by atoms with Crippen LogP contribution in [0.3, 0.4) is 0 Å². The minimum absolute atomic E-state index is 0.00745. The van der Waals surface area contributed by atoms with Gasteiger partial charge in [0.1, 0.15) is 0 Å². The second-order valence-electron chi connectivity index (χ2n) is 6.67. The van der Waals surface area contributed by atoms with E-state index in [1.807, 2.05) is 6.07 Å². The first-order valence-corrected chi connectivity index (χ1v) is 7.42. The Kier molecular flexibility index (Phi) is 5.58. The molecule has 112 valence electrons. The monoisotopic (exact) mass is 297 g/mol.